The minimum atomic E-state index is -0.365. The van der Waals surface area contributed by atoms with E-state index in [1.807, 2.05) is 30.3 Å². The monoisotopic (exact) mass is 270 g/mol. The van der Waals surface area contributed by atoms with Gasteiger partial charge in [0.05, 0.1) is 11.5 Å². The average molecular weight is 270 g/mol. The van der Waals surface area contributed by atoms with Crippen LogP contribution in [0, 0.1) is 10.1 Å². The van der Waals surface area contributed by atoms with Crippen molar-refractivity contribution in [1.82, 2.24) is 0 Å². The topological polar surface area (TPSA) is 50.3 Å². The van der Waals surface area contributed by atoms with Gasteiger partial charge in [0.1, 0.15) is 0 Å². The van der Waals surface area contributed by atoms with Gasteiger partial charge in [-0.25, -0.2) is 4.57 Å². The summed E-state index contributed by atoms with van der Waals surface area (Å²) in [6.07, 6.45) is 5.26. The van der Waals surface area contributed by atoms with Gasteiger partial charge in [0, 0.05) is 42.9 Å². The van der Waals surface area contributed by atoms with Crippen molar-refractivity contribution in [1.29, 1.82) is 0 Å². The largest absolute Gasteiger partial charge is 0.365 e. The van der Waals surface area contributed by atoms with Crippen LogP contribution in [0.4, 0.5) is 11.4 Å². The number of rotatable bonds is 3. The number of nitrogens with zero attached hydrogens (tertiary/aromatic N) is 3. The number of aromatic nitrogens is 1. The second-order valence-electron chi connectivity index (χ2n) is 4.98. The van der Waals surface area contributed by atoms with E-state index in [4.69, 9.17) is 0 Å². The molecule has 1 unspecified atom stereocenters. The highest BCUT2D eigenvalue weighted by atomic mass is 16.6. The quantitative estimate of drug-likeness (QED) is 0.488. The highest BCUT2D eigenvalue weighted by Crippen LogP contribution is 2.25. The van der Waals surface area contributed by atoms with E-state index in [9.17, 15) is 10.1 Å². The van der Waals surface area contributed by atoms with E-state index in [1.54, 1.807) is 12.1 Å². The van der Waals surface area contributed by atoms with E-state index in [1.165, 1.54) is 0 Å². The smallest absolute Gasteiger partial charge is 0.269 e. The van der Waals surface area contributed by atoms with Crippen LogP contribution in [0.25, 0.3) is 0 Å². The number of hydrogen-bond acceptors (Lipinski definition) is 3. The van der Waals surface area contributed by atoms with Gasteiger partial charge in [-0.3, -0.25) is 10.1 Å². The Bertz CT molecular complexity index is 598. The maximum absolute atomic E-state index is 10.7. The molecule has 0 radical (unpaired) electrons. The van der Waals surface area contributed by atoms with E-state index >= 15 is 0 Å². The molecule has 5 heteroatoms. The Morgan fingerprint density at radius 3 is 2.50 bits per heavy atom. The molecule has 0 saturated carbocycles. The van der Waals surface area contributed by atoms with Crippen LogP contribution in [0.2, 0.25) is 0 Å². The summed E-state index contributed by atoms with van der Waals surface area (Å²) in [5, 5.41) is 10.7. The zero-order valence-corrected chi connectivity index (χ0v) is 11.1. The summed E-state index contributed by atoms with van der Waals surface area (Å²) in [5.74, 6) is 0. The third-order valence-corrected chi connectivity index (χ3v) is 3.75. The number of hydrogen-bond donors (Lipinski definition) is 0. The summed E-state index contributed by atoms with van der Waals surface area (Å²) >= 11 is 0. The molecule has 5 nitrogen and oxygen atoms in total. The number of non-ortho nitro benzene ring substituents is 1. The Labute approximate surface area is 117 Å². The fraction of sp³-hybridized carbons (Fsp3) is 0.267. The lowest BCUT2D eigenvalue weighted by Gasteiger charge is -2.16. The lowest BCUT2D eigenvalue weighted by atomic mass is 10.2. The maximum Gasteiger partial charge on any atom is 0.269 e. The summed E-state index contributed by atoms with van der Waals surface area (Å²) in [4.78, 5) is 12.6. The normalized spacial score (nSPS) is 18.2. The van der Waals surface area contributed by atoms with Gasteiger partial charge in [0.15, 0.2) is 18.4 Å². The summed E-state index contributed by atoms with van der Waals surface area (Å²) in [6, 6.07) is 13.3. The summed E-state index contributed by atoms with van der Waals surface area (Å²) in [6.45, 7) is 1.91. The zero-order valence-electron chi connectivity index (χ0n) is 11.1. The molecule has 1 aromatic carbocycles. The number of benzene rings is 1. The molecule has 3 rings (SSSR count). The van der Waals surface area contributed by atoms with Crippen molar-refractivity contribution in [3.63, 3.8) is 0 Å². The van der Waals surface area contributed by atoms with E-state index in [-0.39, 0.29) is 10.6 Å². The second kappa shape index (κ2) is 5.28. The summed E-state index contributed by atoms with van der Waals surface area (Å²) < 4.78 is 2.23. The highest BCUT2D eigenvalue weighted by Gasteiger charge is 2.29. The summed E-state index contributed by atoms with van der Waals surface area (Å²) in [5.41, 5.74) is 1.19. The average Bonchev–Trinajstić information content (AvgIpc) is 2.98. The molecule has 0 spiro atoms. The van der Waals surface area contributed by atoms with Crippen LogP contribution < -0.4 is 9.47 Å². The molecule has 2 heterocycles. The number of pyridine rings is 1. The van der Waals surface area contributed by atoms with Gasteiger partial charge in [0.2, 0.25) is 0 Å². The maximum atomic E-state index is 10.7. The fourth-order valence-corrected chi connectivity index (χ4v) is 2.66. The molecular weight excluding hydrogens is 254 g/mol. The van der Waals surface area contributed by atoms with Crippen LogP contribution in [0.3, 0.4) is 0 Å². The Kier molecular flexibility index (Phi) is 3.33. The van der Waals surface area contributed by atoms with Crippen molar-refractivity contribution in [2.24, 2.45) is 0 Å². The third-order valence-electron chi connectivity index (χ3n) is 3.75. The first-order valence-electron chi connectivity index (χ1n) is 6.69. The molecule has 0 amide bonds. The van der Waals surface area contributed by atoms with E-state index < -0.39 is 0 Å². The fourth-order valence-electron chi connectivity index (χ4n) is 2.66. The van der Waals surface area contributed by atoms with Crippen LogP contribution in [-0.4, -0.2) is 18.0 Å². The molecule has 2 aromatic rings. The minimum absolute atomic E-state index is 0.141. The Hall–Kier alpha value is -2.43. The molecule has 1 aromatic heterocycles. The van der Waals surface area contributed by atoms with Gasteiger partial charge >= 0.3 is 0 Å². The van der Waals surface area contributed by atoms with Crippen molar-refractivity contribution in [3.8, 4) is 0 Å². The molecule has 1 fully saturated rings. The molecule has 1 atom stereocenters. The van der Waals surface area contributed by atoms with Crippen LogP contribution in [0.5, 0.6) is 0 Å². The van der Waals surface area contributed by atoms with E-state index in [0.717, 1.165) is 25.2 Å². The zero-order chi connectivity index (χ0) is 13.9. The Morgan fingerprint density at radius 1 is 1.15 bits per heavy atom. The van der Waals surface area contributed by atoms with E-state index in [2.05, 4.69) is 21.9 Å². The number of nitro benzene ring substituents is 1. The van der Waals surface area contributed by atoms with Gasteiger partial charge in [-0.05, 0) is 12.1 Å². The van der Waals surface area contributed by atoms with Crippen molar-refractivity contribution >= 4 is 11.4 Å². The molecule has 0 N–H and O–H groups in total. The van der Waals surface area contributed by atoms with Gasteiger partial charge in [-0.1, -0.05) is 6.07 Å². The molecule has 1 aliphatic heterocycles. The lowest BCUT2D eigenvalue weighted by molar-refractivity contribution is -0.718. The van der Waals surface area contributed by atoms with Crippen molar-refractivity contribution < 1.29 is 9.49 Å². The van der Waals surface area contributed by atoms with E-state index in [0.29, 0.717) is 6.04 Å². The van der Waals surface area contributed by atoms with Gasteiger partial charge in [-0.15, -0.1) is 0 Å². The lowest BCUT2D eigenvalue weighted by Crippen LogP contribution is -2.40. The molecule has 1 saturated heterocycles. The van der Waals surface area contributed by atoms with Gasteiger partial charge in [0.25, 0.3) is 5.69 Å². The first-order valence-corrected chi connectivity index (χ1v) is 6.69. The van der Waals surface area contributed by atoms with Crippen molar-refractivity contribution in [2.45, 2.75) is 12.5 Å². The van der Waals surface area contributed by atoms with Crippen LogP contribution in [0.15, 0.2) is 54.9 Å². The van der Waals surface area contributed by atoms with Crippen LogP contribution in [-0.2, 0) is 0 Å². The number of nitro groups is 1. The predicted molar refractivity (Wildman–Crippen MR) is 75.6 cm³/mol. The summed E-state index contributed by atoms with van der Waals surface area (Å²) in [7, 11) is 0. The first kappa shape index (κ1) is 12.6. The van der Waals surface area contributed by atoms with Crippen LogP contribution in [0.1, 0.15) is 12.5 Å². The number of anilines is 1. The van der Waals surface area contributed by atoms with Crippen molar-refractivity contribution in [3.05, 3.63) is 65.0 Å². The SMILES string of the molecule is O=[N+]([O-])c1ccc(N2CCC([n+]3ccccc3)C2)cc1. The predicted octanol–water partition coefficient (Wildman–Crippen LogP) is 2.33. The van der Waals surface area contributed by atoms with Gasteiger partial charge < -0.3 is 4.90 Å². The van der Waals surface area contributed by atoms with Crippen LogP contribution >= 0.6 is 0 Å². The van der Waals surface area contributed by atoms with Gasteiger partial charge in [-0.2, -0.15) is 0 Å². The standard InChI is InChI=1S/C15H16N3O2/c19-18(20)14-6-4-13(5-7-14)17-11-8-15(12-17)16-9-2-1-3-10-16/h1-7,9-10,15H,8,11-12H2/q+1. The van der Waals surface area contributed by atoms with Crippen molar-refractivity contribution in [2.75, 3.05) is 18.0 Å². The molecule has 102 valence electrons. The Morgan fingerprint density at radius 2 is 1.85 bits per heavy atom. The molecule has 1 aliphatic rings. The second-order valence-corrected chi connectivity index (χ2v) is 4.98. The highest BCUT2D eigenvalue weighted by molar-refractivity contribution is 5.51. The molecule has 20 heavy (non-hydrogen) atoms. The third kappa shape index (κ3) is 2.47. The molecular formula is C15H16N3O2+. The Balaban J connectivity index is 1.72. The molecule has 0 aliphatic carbocycles. The first-order chi connectivity index (χ1) is 9.74. The molecule has 0 bridgehead atoms. The minimum Gasteiger partial charge on any atom is -0.365 e.